The van der Waals surface area contributed by atoms with Crippen LogP contribution in [0, 0.1) is 0 Å². The average Bonchev–Trinajstić information content (AvgIpc) is 2.51. The second-order valence-corrected chi connectivity index (χ2v) is 4.65. The SMILES string of the molecule is CN1CCCN(C(=O)c2ccnc(Cl)c2)CC1=O. The molecule has 6 heteroatoms. The van der Waals surface area contributed by atoms with Crippen LogP contribution in [0.15, 0.2) is 18.3 Å². The Labute approximate surface area is 110 Å². The Morgan fingerprint density at radius 3 is 2.94 bits per heavy atom. The molecule has 0 unspecified atom stereocenters. The van der Waals surface area contributed by atoms with Crippen LogP contribution >= 0.6 is 11.6 Å². The molecule has 0 aliphatic carbocycles. The van der Waals surface area contributed by atoms with Crippen LogP contribution in [0.25, 0.3) is 0 Å². The lowest BCUT2D eigenvalue weighted by Gasteiger charge is -2.19. The van der Waals surface area contributed by atoms with Crippen molar-refractivity contribution in [3.05, 3.63) is 29.0 Å². The van der Waals surface area contributed by atoms with Crippen LogP contribution in [-0.4, -0.2) is 53.3 Å². The van der Waals surface area contributed by atoms with E-state index >= 15 is 0 Å². The van der Waals surface area contributed by atoms with Crippen LogP contribution in [0.1, 0.15) is 16.8 Å². The van der Waals surface area contributed by atoms with E-state index < -0.39 is 0 Å². The molecule has 18 heavy (non-hydrogen) atoms. The summed E-state index contributed by atoms with van der Waals surface area (Å²) in [5.41, 5.74) is 0.465. The standard InChI is InChI=1S/C12H14ClN3O2/c1-15-5-2-6-16(8-11(15)17)12(18)9-3-4-14-10(13)7-9/h3-4,7H,2,5-6,8H2,1H3. The third-order valence-corrected chi connectivity index (χ3v) is 3.14. The lowest BCUT2D eigenvalue weighted by atomic mass is 10.2. The van der Waals surface area contributed by atoms with Crippen LogP contribution in [-0.2, 0) is 4.79 Å². The smallest absolute Gasteiger partial charge is 0.254 e. The molecule has 0 spiro atoms. The van der Waals surface area contributed by atoms with Crippen molar-refractivity contribution >= 4 is 23.4 Å². The topological polar surface area (TPSA) is 53.5 Å². The summed E-state index contributed by atoms with van der Waals surface area (Å²) in [6.45, 7) is 1.38. The maximum absolute atomic E-state index is 12.2. The van der Waals surface area contributed by atoms with E-state index in [1.165, 1.54) is 12.3 Å². The number of amides is 2. The number of nitrogens with zero attached hydrogens (tertiary/aromatic N) is 3. The van der Waals surface area contributed by atoms with Crippen LogP contribution < -0.4 is 0 Å². The third kappa shape index (κ3) is 2.79. The fourth-order valence-electron chi connectivity index (χ4n) is 1.88. The molecular weight excluding hydrogens is 254 g/mol. The molecule has 1 aromatic heterocycles. The molecular formula is C12H14ClN3O2. The predicted molar refractivity (Wildman–Crippen MR) is 67.4 cm³/mol. The van der Waals surface area contributed by atoms with Gasteiger partial charge in [0.2, 0.25) is 5.91 Å². The molecule has 1 fully saturated rings. The quantitative estimate of drug-likeness (QED) is 0.715. The minimum atomic E-state index is -0.178. The lowest BCUT2D eigenvalue weighted by molar-refractivity contribution is -0.129. The fraction of sp³-hybridized carbons (Fsp3) is 0.417. The molecule has 1 aliphatic heterocycles. The summed E-state index contributed by atoms with van der Waals surface area (Å²) >= 11 is 5.75. The van der Waals surface area contributed by atoms with Crippen LogP contribution in [0.5, 0.6) is 0 Å². The van der Waals surface area contributed by atoms with Crippen molar-refractivity contribution in [2.45, 2.75) is 6.42 Å². The van der Waals surface area contributed by atoms with E-state index in [-0.39, 0.29) is 23.5 Å². The number of hydrogen-bond acceptors (Lipinski definition) is 3. The highest BCUT2D eigenvalue weighted by Crippen LogP contribution is 2.12. The Hall–Kier alpha value is -1.62. The Bertz CT molecular complexity index is 478. The van der Waals surface area contributed by atoms with Gasteiger partial charge < -0.3 is 9.80 Å². The highest BCUT2D eigenvalue weighted by Gasteiger charge is 2.23. The molecule has 5 nitrogen and oxygen atoms in total. The largest absolute Gasteiger partial charge is 0.344 e. The van der Waals surface area contributed by atoms with Gasteiger partial charge in [-0.05, 0) is 18.6 Å². The highest BCUT2D eigenvalue weighted by molar-refractivity contribution is 6.29. The molecule has 0 saturated carbocycles. The van der Waals surface area contributed by atoms with Crippen molar-refractivity contribution < 1.29 is 9.59 Å². The second kappa shape index (κ2) is 5.35. The molecule has 0 N–H and O–H groups in total. The summed E-state index contributed by atoms with van der Waals surface area (Å²) < 4.78 is 0. The molecule has 2 rings (SSSR count). The summed E-state index contributed by atoms with van der Waals surface area (Å²) in [6.07, 6.45) is 2.27. The molecule has 1 aromatic rings. The zero-order chi connectivity index (χ0) is 13.1. The Morgan fingerprint density at radius 2 is 2.22 bits per heavy atom. The molecule has 1 aliphatic rings. The van der Waals surface area contributed by atoms with Crippen molar-refractivity contribution in [3.63, 3.8) is 0 Å². The van der Waals surface area contributed by atoms with Gasteiger partial charge in [0, 0.05) is 31.9 Å². The third-order valence-electron chi connectivity index (χ3n) is 2.93. The maximum Gasteiger partial charge on any atom is 0.254 e. The lowest BCUT2D eigenvalue weighted by Crippen LogP contribution is -2.38. The Balaban J connectivity index is 2.16. The average molecular weight is 268 g/mol. The van der Waals surface area contributed by atoms with E-state index in [9.17, 15) is 9.59 Å². The number of hydrogen-bond donors (Lipinski definition) is 0. The first-order valence-electron chi connectivity index (χ1n) is 5.73. The summed E-state index contributed by atoms with van der Waals surface area (Å²) in [7, 11) is 1.75. The Morgan fingerprint density at radius 1 is 1.44 bits per heavy atom. The molecule has 2 heterocycles. The first kappa shape index (κ1) is 12.8. The van der Waals surface area contributed by atoms with Crippen LogP contribution in [0.4, 0.5) is 0 Å². The molecule has 1 saturated heterocycles. The van der Waals surface area contributed by atoms with Gasteiger partial charge in [0.1, 0.15) is 11.7 Å². The summed E-state index contributed by atoms with van der Waals surface area (Å²) in [5, 5.41) is 0.277. The van der Waals surface area contributed by atoms with Gasteiger partial charge >= 0.3 is 0 Å². The van der Waals surface area contributed by atoms with Gasteiger partial charge in [-0.1, -0.05) is 11.6 Å². The van der Waals surface area contributed by atoms with Crippen molar-refractivity contribution in [1.29, 1.82) is 0 Å². The van der Waals surface area contributed by atoms with Crippen molar-refractivity contribution in [2.24, 2.45) is 0 Å². The van der Waals surface area contributed by atoms with Gasteiger partial charge in [0.05, 0.1) is 0 Å². The first-order chi connectivity index (χ1) is 8.58. The minimum Gasteiger partial charge on any atom is -0.344 e. The minimum absolute atomic E-state index is 0.0407. The van der Waals surface area contributed by atoms with Crippen molar-refractivity contribution in [2.75, 3.05) is 26.7 Å². The van der Waals surface area contributed by atoms with Gasteiger partial charge in [-0.3, -0.25) is 9.59 Å². The van der Waals surface area contributed by atoms with Gasteiger partial charge in [-0.2, -0.15) is 0 Å². The number of rotatable bonds is 1. The molecule has 0 atom stereocenters. The maximum atomic E-state index is 12.2. The monoisotopic (exact) mass is 267 g/mol. The van der Waals surface area contributed by atoms with E-state index in [4.69, 9.17) is 11.6 Å². The zero-order valence-electron chi connectivity index (χ0n) is 10.1. The Kier molecular flexibility index (Phi) is 3.81. The number of aromatic nitrogens is 1. The van der Waals surface area contributed by atoms with Crippen molar-refractivity contribution in [3.8, 4) is 0 Å². The second-order valence-electron chi connectivity index (χ2n) is 4.26. The summed E-state index contributed by atoms with van der Waals surface area (Å²) in [4.78, 5) is 31.0. The molecule has 0 bridgehead atoms. The van der Waals surface area contributed by atoms with Crippen LogP contribution in [0.3, 0.4) is 0 Å². The summed E-state index contributed by atoms with van der Waals surface area (Å²) in [5.74, 6) is -0.219. The number of carbonyl (C=O) groups is 2. The predicted octanol–water partition coefficient (Wildman–Crippen LogP) is 1.04. The normalized spacial score (nSPS) is 16.7. The molecule has 0 aromatic carbocycles. The van der Waals surface area contributed by atoms with E-state index in [0.29, 0.717) is 18.7 Å². The fourth-order valence-corrected chi connectivity index (χ4v) is 2.05. The van der Waals surface area contributed by atoms with E-state index in [1.807, 2.05) is 0 Å². The number of likely N-dealkylation sites (N-methyl/N-ethyl adjacent to an activating group) is 1. The number of pyridine rings is 1. The van der Waals surface area contributed by atoms with E-state index in [0.717, 1.165) is 6.42 Å². The zero-order valence-corrected chi connectivity index (χ0v) is 10.9. The number of carbonyl (C=O) groups excluding carboxylic acids is 2. The highest BCUT2D eigenvalue weighted by atomic mass is 35.5. The van der Waals surface area contributed by atoms with Crippen molar-refractivity contribution in [1.82, 2.24) is 14.8 Å². The van der Waals surface area contributed by atoms with E-state index in [2.05, 4.69) is 4.98 Å². The van der Waals surface area contributed by atoms with Gasteiger partial charge in [0.15, 0.2) is 0 Å². The van der Waals surface area contributed by atoms with Crippen LogP contribution in [0.2, 0.25) is 5.15 Å². The molecule has 0 radical (unpaired) electrons. The van der Waals surface area contributed by atoms with Gasteiger partial charge in [-0.15, -0.1) is 0 Å². The first-order valence-corrected chi connectivity index (χ1v) is 6.10. The molecule has 2 amide bonds. The number of halogens is 1. The van der Waals surface area contributed by atoms with Gasteiger partial charge in [-0.25, -0.2) is 4.98 Å². The van der Waals surface area contributed by atoms with E-state index in [1.54, 1.807) is 22.9 Å². The molecule has 96 valence electrons. The van der Waals surface area contributed by atoms with Gasteiger partial charge in [0.25, 0.3) is 5.91 Å². The summed E-state index contributed by atoms with van der Waals surface area (Å²) in [6, 6.07) is 3.12.